The van der Waals surface area contributed by atoms with Crippen LogP contribution in [-0.4, -0.2) is 52.7 Å². The molecular formula is C21H28N4O2. The molecule has 2 aliphatic heterocycles. The third kappa shape index (κ3) is 3.29. The fourth-order valence-corrected chi connectivity index (χ4v) is 5.13. The number of hydrogen-bond acceptors (Lipinski definition) is 5. The molecule has 1 N–H and O–H groups in total. The van der Waals surface area contributed by atoms with E-state index in [-0.39, 0.29) is 23.5 Å². The zero-order valence-corrected chi connectivity index (χ0v) is 16.0. The van der Waals surface area contributed by atoms with Gasteiger partial charge in [0.05, 0.1) is 17.1 Å². The quantitative estimate of drug-likeness (QED) is 0.867. The molecule has 6 heteroatoms. The minimum atomic E-state index is -0.341. The van der Waals surface area contributed by atoms with Crippen molar-refractivity contribution in [3.63, 3.8) is 0 Å². The highest BCUT2D eigenvalue weighted by Crippen LogP contribution is 2.43. The van der Waals surface area contributed by atoms with Gasteiger partial charge in [0.1, 0.15) is 11.9 Å². The molecule has 0 radical (unpaired) electrons. The van der Waals surface area contributed by atoms with Gasteiger partial charge in [-0.05, 0) is 64.0 Å². The Labute approximate surface area is 160 Å². The van der Waals surface area contributed by atoms with Crippen molar-refractivity contribution in [2.24, 2.45) is 5.41 Å². The Bertz CT molecular complexity index is 766. The number of aliphatic hydroxyl groups excluding tert-OH is 1. The predicted molar refractivity (Wildman–Crippen MR) is 102 cm³/mol. The van der Waals surface area contributed by atoms with E-state index in [4.69, 9.17) is 0 Å². The predicted octanol–water partition coefficient (Wildman–Crippen LogP) is 2.38. The Morgan fingerprint density at radius 3 is 2.74 bits per heavy atom. The highest BCUT2D eigenvalue weighted by Gasteiger charge is 2.51. The summed E-state index contributed by atoms with van der Waals surface area (Å²) in [4.78, 5) is 22.3. The molecule has 3 heterocycles. The van der Waals surface area contributed by atoms with E-state index in [9.17, 15) is 15.2 Å². The van der Waals surface area contributed by atoms with E-state index in [0.717, 1.165) is 69.5 Å². The van der Waals surface area contributed by atoms with Gasteiger partial charge in [0, 0.05) is 31.4 Å². The molecule has 3 fully saturated rings. The van der Waals surface area contributed by atoms with Gasteiger partial charge in [0.2, 0.25) is 5.91 Å². The number of rotatable bonds is 2. The lowest BCUT2D eigenvalue weighted by atomic mass is 9.78. The average Bonchev–Trinajstić information content (AvgIpc) is 2.98. The Kier molecular flexibility index (Phi) is 4.81. The summed E-state index contributed by atoms with van der Waals surface area (Å²) in [5, 5.41) is 19.2. The molecule has 3 aliphatic rings. The Hall–Kier alpha value is -2.13. The number of anilines is 1. The molecular weight excluding hydrogens is 340 g/mol. The molecule has 1 spiro atoms. The fourth-order valence-electron chi connectivity index (χ4n) is 5.13. The summed E-state index contributed by atoms with van der Waals surface area (Å²) >= 11 is 0. The Morgan fingerprint density at radius 1 is 1.22 bits per heavy atom. The van der Waals surface area contributed by atoms with E-state index in [1.165, 1.54) is 0 Å². The number of pyridine rings is 1. The fraction of sp³-hybridized carbons (Fsp3) is 0.667. The SMILES string of the molecule is Cc1ccc(C#N)c(N2CCCC3(CCN([C@H]4CC[C@H](O)CC4)C3=O)C2)n1. The smallest absolute Gasteiger partial charge is 0.230 e. The molecule has 6 nitrogen and oxygen atoms in total. The van der Waals surface area contributed by atoms with Gasteiger partial charge in [-0.15, -0.1) is 0 Å². The summed E-state index contributed by atoms with van der Waals surface area (Å²) in [6, 6.07) is 6.22. The summed E-state index contributed by atoms with van der Waals surface area (Å²) in [6.07, 6.45) is 5.96. The number of nitriles is 1. The third-order valence-electron chi connectivity index (χ3n) is 6.66. The van der Waals surface area contributed by atoms with Crippen LogP contribution >= 0.6 is 0 Å². The van der Waals surface area contributed by atoms with Gasteiger partial charge in [0.15, 0.2) is 0 Å². The Morgan fingerprint density at radius 2 is 2.00 bits per heavy atom. The van der Waals surface area contributed by atoms with E-state index >= 15 is 0 Å². The number of aliphatic hydroxyl groups is 1. The molecule has 1 aliphatic carbocycles. The molecule has 1 unspecified atom stereocenters. The summed E-state index contributed by atoms with van der Waals surface area (Å²) in [7, 11) is 0. The van der Waals surface area contributed by atoms with Crippen LogP contribution < -0.4 is 4.90 Å². The number of hydrogen-bond donors (Lipinski definition) is 1. The van der Waals surface area contributed by atoms with Crippen LogP contribution in [0.3, 0.4) is 0 Å². The number of amides is 1. The standard InChI is InChI=1S/C21H28N4O2/c1-15-3-4-16(13-22)19(23-15)24-11-2-9-21(14-24)10-12-25(20(21)27)17-5-7-18(26)8-6-17/h3-4,17-18,26H,2,5-12,14H2,1H3/t17-,18-,21?. The first kappa shape index (κ1) is 18.2. The monoisotopic (exact) mass is 368 g/mol. The summed E-state index contributed by atoms with van der Waals surface area (Å²) < 4.78 is 0. The molecule has 0 aromatic carbocycles. The number of likely N-dealkylation sites (tertiary alicyclic amines) is 1. The second-order valence-electron chi connectivity index (χ2n) is 8.45. The molecule has 1 aromatic heterocycles. The number of aryl methyl sites for hydroxylation is 1. The first-order valence-electron chi connectivity index (χ1n) is 10.1. The maximum atomic E-state index is 13.4. The maximum absolute atomic E-state index is 13.4. The van der Waals surface area contributed by atoms with Gasteiger partial charge < -0.3 is 14.9 Å². The minimum absolute atomic E-state index is 0.199. The van der Waals surface area contributed by atoms with Gasteiger partial charge in [0.25, 0.3) is 0 Å². The molecule has 1 saturated carbocycles. The molecule has 1 atom stereocenters. The molecule has 0 bridgehead atoms. The second kappa shape index (κ2) is 7.12. The van der Waals surface area contributed by atoms with Crippen LogP contribution in [0, 0.1) is 23.7 Å². The van der Waals surface area contributed by atoms with Crippen molar-refractivity contribution >= 4 is 11.7 Å². The maximum Gasteiger partial charge on any atom is 0.230 e. The number of nitrogens with zero attached hydrogens (tertiary/aromatic N) is 4. The van der Waals surface area contributed by atoms with Gasteiger partial charge >= 0.3 is 0 Å². The summed E-state index contributed by atoms with van der Waals surface area (Å²) in [6.45, 7) is 4.25. The summed E-state index contributed by atoms with van der Waals surface area (Å²) in [5.41, 5.74) is 1.14. The average molecular weight is 368 g/mol. The van der Waals surface area contributed by atoms with Gasteiger partial charge in [-0.25, -0.2) is 4.98 Å². The van der Waals surface area contributed by atoms with Crippen LogP contribution in [0.5, 0.6) is 0 Å². The zero-order valence-electron chi connectivity index (χ0n) is 16.0. The lowest BCUT2D eigenvalue weighted by Gasteiger charge is -2.41. The highest BCUT2D eigenvalue weighted by molar-refractivity contribution is 5.86. The largest absolute Gasteiger partial charge is 0.393 e. The van der Waals surface area contributed by atoms with E-state index < -0.39 is 0 Å². The van der Waals surface area contributed by atoms with Crippen molar-refractivity contribution < 1.29 is 9.90 Å². The van der Waals surface area contributed by atoms with E-state index in [1.54, 1.807) is 0 Å². The van der Waals surface area contributed by atoms with Crippen molar-refractivity contribution in [2.45, 2.75) is 64.0 Å². The van der Waals surface area contributed by atoms with Crippen LogP contribution in [0.15, 0.2) is 12.1 Å². The third-order valence-corrected chi connectivity index (χ3v) is 6.66. The van der Waals surface area contributed by atoms with E-state index in [0.29, 0.717) is 12.1 Å². The van der Waals surface area contributed by atoms with Crippen LogP contribution in [-0.2, 0) is 4.79 Å². The molecule has 144 valence electrons. The molecule has 4 rings (SSSR count). The first-order valence-corrected chi connectivity index (χ1v) is 10.1. The van der Waals surface area contributed by atoms with E-state index in [1.807, 2.05) is 19.1 Å². The minimum Gasteiger partial charge on any atom is -0.393 e. The molecule has 2 saturated heterocycles. The Balaban J connectivity index is 1.54. The van der Waals surface area contributed by atoms with Crippen molar-refractivity contribution in [2.75, 3.05) is 24.5 Å². The topological polar surface area (TPSA) is 80.5 Å². The van der Waals surface area contributed by atoms with Crippen LogP contribution in [0.4, 0.5) is 5.82 Å². The van der Waals surface area contributed by atoms with Crippen LogP contribution in [0.1, 0.15) is 56.2 Å². The lowest BCUT2D eigenvalue weighted by molar-refractivity contribution is -0.139. The van der Waals surface area contributed by atoms with Crippen molar-refractivity contribution in [3.8, 4) is 6.07 Å². The number of aromatic nitrogens is 1. The van der Waals surface area contributed by atoms with Gasteiger partial charge in [-0.1, -0.05) is 0 Å². The van der Waals surface area contributed by atoms with Gasteiger partial charge in [-0.2, -0.15) is 5.26 Å². The van der Waals surface area contributed by atoms with E-state index in [2.05, 4.69) is 20.9 Å². The zero-order chi connectivity index (χ0) is 19.0. The normalized spacial score (nSPS) is 31.4. The number of carbonyl (C=O) groups is 1. The number of carbonyl (C=O) groups excluding carboxylic acids is 1. The first-order chi connectivity index (χ1) is 13.0. The second-order valence-corrected chi connectivity index (χ2v) is 8.45. The highest BCUT2D eigenvalue weighted by atomic mass is 16.3. The molecule has 1 aromatic rings. The number of piperidine rings is 1. The summed E-state index contributed by atoms with van der Waals surface area (Å²) in [5.74, 6) is 1.00. The van der Waals surface area contributed by atoms with Gasteiger partial charge in [-0.3, -0.25) is 4.79 Å². The molecule has 1 amide bonds. The van der Waals surface area contributed by atoms with Crippen LogP contribution in [0.2, 0.25) is 0 Å². The van der Waals surface area contributed by atoms with Crippen molar-refractivity contribution in [1.29, 1.82) is 5.26 Å². The van der Waals surface area contributed by atoms with Crippen molar-refractivity contribution in [3.05, 3.63) is 23.4 Å². The molecule has 27 heavy (non-hydrogen) atoms. The van der Waals surface area contributed by atoms with Crippen LogP contribution in [0.25, 0.3) is 0 Å². The lowest BCUT2D eigenvalue weighted by Crippen LogP contribution is -2.50. The van der Waals surface area contributed by atoms with Crippen molar-refractivity contribution in [1.82, 2.24) is 9.88 Å².